The van der Waals surface area contributed by atoms with Gasteiger partial charge in [0.2, 0.25) is 0 Å². The Kier molecular flexibility index (Phi) is 33.7. The fourth-order valence-corrected chi connectivity index (χ4v) is 5.55. The Hall–Kier alpha value is -0.790. The van der Waals surface area contributed by atoms with Crippen LogP contribution in [0.15, 0.2) is 12.2 Å². The zero-order chi connectivity index (χ0) is 29.2. The van der Waals surface area contributed by atoms with Gasteiger partial charge in [0.25, 0.3) is 0 Å². The molecule has 2 nitrogen and oxygen atoms in total. The molecule has 0 rings (SSSR count). The van der Waals surface area contributed by atoms with E-state index in [9.17, 15) is 4.79 Å². The van der Waals surface area contributed by atoms with Crippen molar-refractivity contribution < 1.29 is 9.53 Å². The molecule has 0 atom stereocenters. The van der Waals surface area contributed by atoms with Crippen LogP contribution in [0.25, 0.3) is 0 Å². The average Bonchev–Trinajstić information content (AvgIpc) is 2.94. The van der Waals surface area contributed by atoms with Crippen molar-refractivity contribution in [3.8, 4) is 0 Å². The zero-order valence-electron chi connectivity index (χ0n) is 28.0. The molecule has 0 saturated carbocycles. The minimum atomic E-state index is 0.0168. The predicted octanol–water partition coefficient (Wildman–Crippen LogP) is 13.5. The van der Waals surface area contributed by atoms with Crippen LogP contribution in [-0.2, 0) is 9.53 Å². The quantitative estimate of drug-likeness (QED) is 0.0451. The van der Waals surface area contributed by atoms with Crippen LogP contribution in [0.3, 0.4) is 0 Å². The molecule has 0 heterocycles. The molecule has 0 aliphatic heterocycles. The third-order valence-electron chi connectivity index (χ3n) is 8.33. The van der Waals surface area contributed by atoms with E-state index in [0.717, 1.165) is 25.2 Å². The van der Waals surface area contributed by atoms with Crippen LogP contribution in [0.2, 0.25) is 0 Å². The monoisotopic (exact) mass is 563 g/mol. The summed E-state index contributed by atoms with van der Waals surface area (Å²) in [6, 6.07) is 0. The molecule has 0 radical (unpaired) electrons. The molecule has 238 valence electrons. The van der Waals surface area contributed by atoms with Crippen LogP contribution < -0.4 is 0 Å². The van der Waals surface area contributed by atoms with Gasteiger partial charge in [0.05, 0.1) is 6.61 Å². The van der Waals surface area contributed by atoms with Crippen LogP contribution in [0, 0.1) is 5.92 Å². The van der Waals surface area contributed by atoms with Gasteiger partial charge in [-0.1, -0.05) is 181 Å². The van der Waals surface area contributed by atoms with Gasteiger partial charge in [-0.3, -0.25) is 4.79 Å². The highest BCUT2D eigenvalue weighted by Gasteiger charge is 2.02. The molecule has 2 heteroatoms. The van der Waals surface area contributed by atoms with E-state index in [-0.39, 0.29) is 5.97 Å². The van der Waals surface area contributed by atoms with Crippen molar-refractivity contribution in [2.45, 2.75) is 213 Å². The number of carbonyl (C=O) groups is 1. The molecule has 0 amide bonds. The van der Waals surface area contributed by atoms with Gasteiger partial charge in [-0.15, -0.1) is 0 Å². The molecular weight excluding hydrogens is 488 g/mol. The third kappa shape index (κ3) is 35.2. The second-order valence-electron chi connectivity index (χ2n) is 13.0. The van der Waals surface area contributed by atoms with E-state index in [2.05, 4.69) is 32.9 Å². The zero-order valence-corrected chi connectivity index (χ0v) is 28.0. The number of allylic oxidation sites excluding steroid dienone is 2. The van der Waals surface area contributed by atoms with Gasteiger partial charge in [-0.05, 0) is 44.4 Å². The van der Waals surface area contributed by atoms with E-state index in [4.69, 9.17) is 4.74 Å². The summed E-state index contributed by atoms with van der Waals surface area (Å²) in [6.45, 7) is 7.57. The first-order valence-corrected chi connectivity index (χ1v) is 18.5. The average molecular weight is 563 g/mol. The molecule has 0 N–H and O–H groups in total. The summed E-state index contributed by atoms with van der Waals surface area (Å²) < 4.78 is 5.44. The molecule has 0 spiro atoms. The highest BCUT2D eigenvalue weighted by atomic mass is 16.5. The summed E-state index contributed by atoms with van der Waals surface area (Å²) in [7, 11) is 0. The molecule has 0 aromatic carbocycles. The van der Waals surface area contributed by atoms with Crippen molar-refractivity contribution in [1.82, 2.24) is 0 Å². The minimum absolute atomic E-state index is 0.0168. The molecular formula is C38H74O2. The Morgan fingerprint density at radius 1 is 0.500 bits per heavy atom. The largest absolute Gasteiger partial charge is 0.466 e. The summed E-state index contributed by atoms with van der Waals surface area (Å²) >= 11 is 0. The first-order valence-electron chi connectivity index (χ1n) is 18.5. The lowest BCUT2D eigenvalue weighted by atomic mass is 10.0. The molecule has 0 aliphatic rings. The Morgan fingerprint density at radius 2 is 0.875 bits per heavy atom. The number of ether oxygens (including phenoxy) is 1. The smallest absolute Gasteiger partial charge is 0.305 e. The molecule has 0 unspecified atom stereocenters. The summed E-state index contributed by atoms with van der Waals surface area (Å²) in [5.41, 5.74) is 0. The van der Waals surface area contributed by atoms with Gasteiger partial charge in [0, 0.05) is 6.42 Å². The molecule has 0 aromatic rings. The van der Waals surface area contributed by atoms with Crippen molar-refractivity contribution >= 4 is 5.97 Å². The van der Waals surface area contributed by atoms with Gasteiger partial charge >= 0.3 is 5.97 Å². The van der Waals surface area contributed by atoms with Gasteiger partial charge in [-0.2, -0.15) is 0 Å². The van der Waals surface area contributed by atoms with Gasteiger partial charge in [0.15, 0.2) is 0 Å². The summed E-state index contributed by atoms with van der Waals surface area (Å²) in [5.74, 6) is 0.897. The van der Waals surface area contributed by atoms with Gasteiger partial charge < -0.3 is 4.74 Å². The fourth-order valence-electron chi connectivity index (χ4n) is 5.55. The topological polar surface area (TPSA) is 26.3 Å². The van der Waals surface area contributed by atoms with E-state index in [1.165, 1.54) is 167 Å². The molecule has 0 bridgehead atoms. The lowest BCUT2D eigenvalue weighted by molar-refractivity contribution is -0.143. The molecule has 40 heavy (non-hydrogen) atoms. The molecule has 0 aliphatic carbocycles. The van der Waals surface area contributed by atoms with Crippen LogP contribution in [0.1, 0.15) is 213 Å². The highest BCUT2D eigenvalue weighted by molar-refractivity contribution is 5.69. The first-order chi connectivity index (χ1) is 19.7. The van der Waals surface area contributed by atoms with Crippen LogP contribution in [0.5, 0.6) is 0 Å². The number of hydrogen-bond acceptors (Lipinski definition) is 2. The van der Waals surface area contributed by atoms with Crippen LogP contribution >= 0.6 is 0 Å². The predicted molar refractivity (Wildman–Crippen MR) is 179 cm³/mol. The highest BCUT2D eigenvalue weighted by Crippen LogP contribution is 2.15. The second kappa shape index (κ2) is 34.4. The fraction of sp³-hybridized carbons (Fsp3) is 0.921. The van der Waals surface area contributed by atoms with Crippen molar-refractivity contribution in [3.05, 3.63) is 12.2 Å². The number of rotatable bonds is 33. The summed E-state index contributed by atoms with van der Waals surface area (Å²) in [6.07, 6.45) is 44.2. The Labute approximate surface area is 253 Å². The standard InChI is InChI=1S/C38H74O2/c1-4-5-6-7-8-9-10-16-20-23-26-29-32-35-38(39)40-36-33-30-27-24-21-18-15-13-11-12-14-17-19-22-25-28-31-34-37(2)3/h9-10,37H,4-8,11-36H2,1-3H3/b10-9-. The maximum Gasteiger partial charge on any atom is 0.305 e. The normalized spacial score (nSPS) is 11.7. The SMILES string of the molecule is CCCCCC/C=C\CCCCCCCC(=O)OCCCCCCCCCCCCCCCCCCCC(C)C. The van der Waals surface area contributed by atoms with Crippen LogP contribution in [-0.4, -0.2) is 12.6 Å². The number of esters is 1. The number of unbranched alkanes of at least 4 members (excludes halogenated alkanes) is 25. The van der Waals surface area contributed by atoms with Gasteiger partial charge in [0.1, 0.15) is 0 Å². The van der Waals surface area contributed by atoms with E-state index in [0.29, 0.717) is 13.0 Å². The summed E-state index contributed by atoms with van der Waals surface area (Å²) in [5, 5.41) is 0. The molecule has 0 saturated heterocycles. The maximum absolute atomic E-state index is 11.9. The van der Waals surface area contributed by atoms with E-state index < -0.39 is 0 Å². The summed E-state index contributed by atoms with van der Waals surface area (Å²) in [4.78, 5) is 11.9. The Bertz CT molecular complexity index is 510. The number of carbonyl (C=O) groups excluding carboxylic acids is 1. The minimum Gasteiger partial charge on any atom is -0.466 e. The Morgan fingerprint density at radius 3 is 1.32 bits per heavy atom. The third-order valence-corrected chi connectivity index (χ3v) is 8.33. The van der Waals surface area contributed by atoms with Crippen molar-refractivity contribution in [3.63, 3.8) is 0 Å². The van der Waals surface area contributed by atoms with E-state index in [1.807, 2.05) is 0 Å². The second-order valence-corrected chi connectivity index (χ2v) is 13.0. The van der Waals surface area contributed by atoms with Crippen molar-refractivity contribution in [1.29, 1.82) is 0 Å². The first kappa shape index (κ1) is 39.2. The van der Waals surface area contributed by atoms with Crippen molar-refractivity contribution in [2.24, 2.45) is 5.92 Å². The van der Waals surface area contributed by atoms with E-state index >= 15 is 0 Å². The lowest BCUT2D eigenvalue weighted by Gasteiger charge is -2.06. The van der Waals surface area contributed by atoms with Crippen molar-refractivity contribution in [2.75, 3.05) is 6.61 Å². The van der Waals surface area contributed by atoms with Crippen LogP contribution in [0.4, 0.5) is 0 Å². The molecule has 0 aromatic heterocycles. The van der Waals surface area contributed by atoms with Gasteiger partial charge in [-0.25, -0.2) is 0 Å². The van der Waals surface area contributed by atoms with E-state index in [1.54, 1.807) is 0 Å². The maximum atomic E-state index is 11.9. The lowest BCUT2D eigenvalue weighted by Crippen LogP contribution is -2.05. The molecule has 0 fully saturated rings. The number of hydrogen-bond donors (Lipinski definition) is 0. The Balaban J connectivity index is 3.17.